The molecule has 0 saturated heterocycles. The van der Waals surface area contributed by atoms with E-state index in [-0.39, 0.29) is 11.0 Å². The summed E-state index contributed by atoms with van der Waals surface area (Å²) in [7, 11) is 0. The van der Waals surface area contributed by atoms with Gasteiger partial charge in [-0.1, -0.05) is 44.1 Å². The van der Waals surface area contributed by atoms with Gasteiger partial charge in [0.2, 0.25) is 0 Å². The summed E-state index contributed by atoms with van der Waals surface area (Å²) in [5.74, 6) is 0.523. The highest BCUT2D eigenvalue weighted by atomic mass is 16.5. The summed E-state index contributed by atoms with van der Waals surface area (Å²) in [5, 5.41) is 13.3. The summed E-state index contributed by atoms with van der Waals surface area (Å²) >= 11 is 0. The molecule has 0 fully saturated rings. The summed E-state index contributed by atoms with van der Waals surface area (Å²) in [6.45, 7) is 11.1. The molecule has 1 unspecified atom stereocenters. The first-order valence-electron chi connectivity index (χ1n) is 10.6. The third-order valence-electron chi connectivity index (χ3n) is 5.69. The number of rotatable bonds is 10. The Kier molecular flexibility index (Phi) is 6.95. The highest BCUT2D eigenvalue weighted by molar-refractivity contribution is 5.88. The van der Waals surface area contributed by atoms with Crippen LogP contribution in [0.4, 0.5) is 0 Å². The molecule has 3 aromatic rings. The summed E-state index contributed by atoms with van der Waals surface area (Å²) in [5.41, 5.74) is 3.71. The Balaban J connectivity index is 1.98. The van der Waals surface area contributed by atoms with Crippen LogP contribution in [-0.4, -0.2) is 22.8 Å². The van der Waals surface area contributed by atoms with Crippen molar-refractivity contribution in [1.29, 1.82) is 0 Å². The van der Waals surface area contributed by atoms with E-state index in [0.717, 1.165) is 47.4 Å². The van der Waals surface area contributed by atoms with E-state index in [4.69, 9.17) is 14.4 Å². The number of carbonyl (C=O) groups is 1. The molecule has 0 saturated carbocycles. The maximum atomic E-state index is 11.1. The Hall–Kier alpha value is -3.34. The number of carboxylic acid groups (broad SMARTS) is 1. The number of carboxylic acids is 1. The van der Waals surface area contributed by atoms with Crippen LogP contribution in [-0.2, 0) is 5.41 Å². The Morgan fingerprint density at radius 1 is 1.16 bits per heavy atom. The van der Waals surface area contributed by atoms with Crippen molar-refractivity contribution < 1.29 is 19.2 Å². The highest BCUT2D eigenvalue weighted by Gasteiger charge is 2.27. The van der Waals surface area contributed by atoms with Gasteiger partial charge in [0, 0.05) is 22.8 Å². The lowest BCUT2D eigenvalue weighted by Crippen LogP contribution is -2.21. The predicted octanol–water partition coefficient (Wildman–Crippen LogP) is 6.74. The third-order valence-corrected chi connectivity index (χ3v) is 5.69. The number of hydrogen-bond acceptors (Lipinski definition) is 4. The van der Waals surface area contributed by atoms with E-state index in [9.17, 15) is 4.79 Å². The van der Waals surface area contributed by atoms with Crippen molar-refractivity contribution in [3.05, 3.63) is 72.3 Å². The van der Waals surface area contributed by atoms with Crippen LogP contribution in [0.5, 0.6) is 5.75 Å². The number of allylic oxidation sites excluding steroid dienone is 1. The molecular weight excluding hydrogens is 390 g/mol. The Bertz CT molecular complexity index is 1050. The number of hydrogen-bond donors (Lipinski definition) is 1. The predicted molar refractivity (Wildman–Crippen MR) is 123 cm³/mol. The second-order valence-corrected chi connectivity index (χ2v) is 7.93. The van der Waals surface area contributed by atoms with Crippen LogP contribution in [0.2, 0.25) is 0 Å². The molecule has 31 heavy (non-hydrogen) atoms. The van der Waals surface area contributed by atoms with Gasteiger partial charge in [0.05, 0.1) is 12.2 Å². The summed E-state index contributed by atoms with van der Waals surface area (Å²) in [6, 6.07) is 14.6. The molecular formula is C26H29NO4. The normalized spacial score (nSPS) is 12.9. The third kappa shape index (κ3) is 4.88. The molecule has 0 aliphatic heterocycles. The molecule has 0 spiro atoms. The molecule has 0 bridgehead atoms. The van der Waals surface area contributed by atoms with Crippen LogP contribution in [0.15, 0.2) is 65.7 Å². The van der Waals surface area contributed by atoms with E-state index in [2.05, 4.69) is 38.6 Å². The molecule has 162 valence electrons. The van der Waals surface area contributed by atoms with Crippen molar-refractivity contribution in [2.75, 3.05) is 6.61 Å². The quantitative estimate of drug-likeness (QED) is 0.368. The van der Waals surface area contributed by atoms with Crippen molar-refractivity contribution in [1.82, 2.24) is 5.16 Å². The van der Waals surface area contributed by atoms with Gasteiger partial charge in [-0.2, -0.15) is 0 Å². The van der Waals surface area contributed by atoms with Gasteiger partial charge >= 0.3 is 5.97 Å². The van der Waals surface area contributed by atoms with Crippen LogP contribution in [0, 0.1) is 0 Å². The van der Waals surface area contributed by atoms with E-state index in [0.29, 0.717) is 12.4 Å². The molecule has 1 atom stereocenters. The SMILES string of the molecule is C=CCC(C)(CC)c1cc(-c2cc(-c3ccc(C(=O)O)cc3)on2)ccc1OCCC. The maximum absolute atomic E-state index is 11.1. The lowest BCUT2D eigenvalue weighted by Gasteiger charge is -2.30. The summed E-state index contributed by atoms with van der Waals surface area (Å²) < 4.78 is 11.6. The molecule has 1 heterocycles. The minimum atomic E-state index is -0.957. The molecule has 1 N–H and O–H groups in total. The second kappa shape index (κ2) is 9.65. The molecule has 5 nitrogen and oxygen atoms in total. The van der Waals surface area contributed by atoms with Gasteiger partial charge in [0.25, 0.3) is 0 Å². The maximum Gasteiger partial charge on any atom is 0.335 e. The Labute approximate surface area is 183 Å². The number of aromatic carboxylic acids is 1. The van der Waals surface area contributed by atoms with Gasteiger partial charge in [-0.25, -0.2) is 4.79 Å². The summed E-state index contributed by atoms with van der Waals surface area (Å²) in [4.78, 5) is 11.1. The van der Waals surface area contributed by atoms with E-state index in [1.807, 2.05) is 24.3 Å². The first kappa shape index (κ1) is 22.3. The van der Waals surface area contributed by atoms with Crippen molar-refractivity contribution in [3.63, 3.8) is 0 Å². The van der Waals surface area contributed by atoms with E-state index in [1.165, 1.54) is 0 Å². The van der Waals surface area contributed by atoms with Crippen molar-refractivity contribution in [2.24, 2.45) is 0 Å². The minimum absolute atomic E-state index is 0.0972. The monoisotopic (exact) mass is 419 g/mol. The van der Waals surface area contributed by atoms with E-state index >= 15 is 0 Å². The van der Waals surface area contributed by atoms with Crippen molar-refractivity contribution >= 4 is 5.97 Å². The molecule has 2 aromatic carbocycles. The molecule has 0 amide bonds. The van der Waals surface area contributed by atoms with E-state index in [1.54, 1.807) is 24.3 Å². The average Bonchev–Trinajstić information content (AvgIpc) is 3.28. The van der Waals surface area contributed by atoms with Gasteiger partial charge < -0.3 is 14.4 Å². The zero-order chi connectivity index (χ0) is 22.4. The van der Waals surface area contributed by atoms with Gasteiger partial charge in [-0.05, 0) is 55.0 Å². The average molecular weight is 420 g/mol. The zero-order valence-electron chi connectivity index (χ0n) is 18.4. The van der Waals surface area contributed by atoms with Crippen LogP contribution < -0.4 is 4.74 Å². The van der Waals surface area contributed by atoms with Crippen LogP contribution >= 0.6 is 0 Å². The molecule has 0 aliphatic rings. The first-order valence-corrected chi connectivity index (χ1v) is 10.6. The Morgan fingerprint density at radius 2 is 1.87 bits per heavy atom. The topological polar surface area (TPSA) is 72.6 Å². The van der Waals surface area contributed by atoms with E-state index < -0.39 is 5.97 Å². The first-order chi connectivity index (χ1) is 14.9. The van der Waals surface area contributed by atoms with Crippen molar-refractivity contribution in [2.45, 2.75) is 45.4 Å². The van der Waals surface area contributed by atoms with Crippen LogP contribution in [0.3, 0.4) is 0 Å². The standard InChI is InChI=1S/C26H29NO4/c1-5-14-26(4,7-3)21-16-20(12-13-23(21)30-15-6-2)22-17-24(31-27-22)18-8-10-19(11-9-18)25(28)29/h5,8-13,16-17H,1,6-7,14-15H2,2-4H3,(H,28,29). The molecule has 0 aliphatic carbocycles. The molecule has 3 rings (SSSR count). The Morgan fingerprint density at radius 3 is 2.48 bits per heavy atom. The number of aromatic nitrogens is 1. The molecule has 0 radical (unpaired) electrons. The number of nitrogens with zero attached hydrogens (tertiary/aromatic N) is 1. The van der Waals surface area contributed by atoms with Gasteiger partial charge in [-0.3, -0.25) is 0 Å². The fraction of sp³-hybridized carbons (Fsp3) is 0.308. The number of ether oxygens (including phenoxy) is 1. The summed E-state index contributed by atoms with van der Waals surface area (Å²) in [6.07, 6.45) is 4.69. The lowest BCUT2D eigenvalue weighted by molar-refractivity contribution is 0.0697. The highest BCUT2D eigenvalue weighted by Crippen LogP contribution is 2.40. The van der Waals surface area contributed by atoms with Crippen LogP contribution in [0.25, 0.3) is 22.6 Å². The molecule has 5 heteroatoms. The largest absolute Gasteiger partial charge is 0.493 e. The fourth-order valence-corrected chi connectivity index (χ4v) is 3.59. The van der Waals surface area contributed by atoms with Gasteiger partial charge in [0.15, 0.2) is 5.76 Å². The lowest BCUT2D eigenvalue weighted by atomic mass is 9.76. The van der Waals surface area contributed by atoms with Gasteiger partial charge in [0.1, 0.15) is 11.4 Å². The second-order valence-electron chi connectivity index (χ2n) is 7.93. The number of benzene rings is 2. The van der Waals surface area contributed by atoms with Gasteiger partial charge in [-0.15, -0.1) is 6.58 Å². The minimum Gasteiger partial charge on any atom is -0.493 e. The van der Waals surface area contributed by atoms with Crippen LogP contribution in [0.1, 0.15) is 56.0 Å². The fourth-order valence-electron chi connectivity index (χ4n) is 3.59. The smallest absolute Gasteiger partial charge is 0.335 e. The molecule has 1 aromatic heterocycles. The van der Waals surface area contributed by atoms with Crippen molar-refractivity contribution in [3.8, 4) is 28.3 Å². The zero-order valence-corrected chi connectivity index (χ0v) is 18.4.